The van der Waals surface area contributed by atoms with E-state index >= 15 is 0 Å². The molecule has 2 rings (SSSR count). The van der Waals surface area contributed by atoms with Gasteiger partial charge in [-0.1, -0.05) is 56.3 Å². The summed E-state index contributed by atoms with van der Waals surface area (Å²) in [5.74, 6) is -0.575. The summed E-state index contributed by atoms with van der Waals surface area (Å²) < 4.78 is 13.1. The molecular weight excluding hydrogens is 369 g/mol. The molecule has 29 heavy (non-hydrogen) atoms. The molecule has 5 nitrogen and oxygen atoms in total. The number of halogens is 1. The average Bonchev–Trinajstić information content (AvgIpc) is 2.65. The number of benzene rings is 2. The van der Waals surface area contributed by atoms with E-state index in [-0.39, 0.29) is 35.6 Å². The van der Waals surface area contributed by atoms with E-state index in [2.05, 4.69) is 41.9 Å². The van der Waals surface area contributed by atoms with Crippen LogP contribution in [0.1, 0.15) is 38.3 Å². The molecule has 0 aliphatic heterocycles. The van der Waals surface area contributed by atoms with Crippen LogP contribution in [0, 0.1) is 5.82 Å². The first-order chi connectivity index (χ1) is 13.8. The Hall–Kier alpha value is -2.89. The zero-order chi connectivity index (χ0) is 21.3. The van der Waals surface area contributed by atoms with E-state index in [0.29, 0.717) is 18.7 Å². The smallest absolute Gasteiger partial charge is 0.315 e. The molecule has 0 bridgehead atoms. The largest absolute Gasteiger partial charge is 0.354 e. The van der Waals surface area contributed by atoms with Crippen LogP contribution >= 0.6 is 0 Å². The summed E-state index contributed by atoms with van der Waals surface area (Å²) in [6.07, 6.45) is 0.907. The fraction of sp³-hybridized carbons (Fsp3) is 0.391. The van der Waals surface area contributed by atoms with Crippen molar-refractivity contribution in [3.8, 4) is 0 Å². The normalized spacial score (nSPS) is 12.1. The lowest BCUT2D eigenvalue weighted by Gasteiger charge is -2.29. The molecule has 0 fully saturated rings. The van der Waals surface area contributed by atoms with Crippen molar-refractivity contribution < 1.29 is 14.0 Å². The van der Waals surface area contributed by atoms with E-state index in [1.165, 1.54) is 17.7 Å². The second-order valence-corrected chi connectivity index (χ2v) is 7.91. The van der Waals surface area contributed by atoms with Gasteiger partial charge in [0.05, 0.1) is 6.42 Å². The molecule has 2 aromatic carbocycles. The molecule has 6 heteroatoms. The molecular formula is C23H30FN3O2. The SMILES string of the molecule is CC(CC(C)(C)c1ccccc1)NC(=O)NCCNC(=O)Cc1cccc(F)c1. The van der Waals surface area contributed by atoms with Gasteiger partial charge in [0.25, 0.3) is 0 Å². The van der Waals surface area contributed by atoms with Gasteiger partial charge in [0.15, 0.2) is 0 Å². The van der Waals surface area contributed by atoms with Gasteiger partial charge in [0, 0.05) is 19.1 Å². The minimum Gasteiger partial charge on any atom is -0.354 e. The Morgan fingerprint density at radius 1 is 1.00 bits per heavy atom. The van der Waals surface area contributed by atoms with Crippen molar-refractivity contribution in [1.29, 1.82) is 0 Å². The highest BCUT2D eigenvalue weighted by Gasteiger charge is 2.23. The zero-order valence-electron chi connectivity index (χ0n) is 17.3. The fourth-order valence-electron chi connectivity index (χ4n) is 3.37. The number of hydrogen-bond acceptors (Lipinski definition) is 2. The first kappa shape index (κ1) is 22.4. The molecule has 1 atom stereocenters. The lowest BCUT2D eigenvalue weighted by molar-refractivity contribution is -0.120. The highest BCUT2D eigenvalue weighted by molar-refractivity contribution is 5.78. The molecule has 2 aromatic rings. The molecule has 0 aliphatic carbocycles. The van der Waals surface area contributed by atoms with Crippen molar-refractivity contribution in [3.63, 3.8) is 0 Å². The lowest BCUT2D eigenvalue weighted by Crippen LogP contribution is -2.45. The number of hydrogen-bond donors (Lipinski definition) is 3. The summed E-state index contributed by atoms with van der Waals surface area (Å²) in [6.45, 7) is 6.92. The average molecular weight is 400 g/mol. The van der Waals surface area contributed by atoms with E-state index in [4.69, 9.17) is 0 Å². The molecule has 156 valence electrons. The van der Waals surface area contributed by atoms with Gasteiger partial charge < -0.3 is 16.0 Å². The maximum Gasteiger partial charge on any atom is 0.315 e. The quantitative estimate of drug-likeness (QED) is 0.565. The van der Waals surface area contributed by atoms with Crippen molar-refractivity contribution in [1.82, 2.24) is 16.0 Å². The standard InChI is InChI=1S/C23H30FN3O2/c1-17(16-23(2,3)19-9-5-4-6-10-19)27-22(29)26-13-12-25-21(28)15-18-8-7-11-20(24)14-18/h4-11,14,17H,12-13,15-16H2,1-3H3,(H,25,28)(H2,26,27,29). The molecule has 0 saturated heterocycles. The van der Waals surface area contributed by atoms with Gasteiger partial charge in [-0.2, -0.15) is 0 Å². The third kappa shape index (κ3) is 7.94. The third-order valence-corrected chi connectivity index (χ3v) is 4.74. The van der Waals surface area contributed by atoms with Crippen LogP contribution in [-0.2, 0) is 16.6 Å². The molecule has 0 aliphatic rings. The molecule has 3 N–H and O–H groups in total. The first-order valence-corrected chi connectivity index (χ1v) is 9.87. The Kier molecular flexibility index (Phi) is 8.19. The predicted octanol–water partition coefficient (Wildman–Crippen LogP) is 3.54. The van der Waals surface area contributed by atoms with Crippen LogP contribution in [0.4, 0.5) is 9.18 Å². The maximum absolute atomic E-state index is 13.1. The highest BCUT2D eigenvalue weighted by atomic mass is 19.1. The Balaban J connectivity index is 1.65. The first-order valence-electron chi connectivity index (χ1n) is 9.87. The summed E-state index contributed by atoms with van der Waals surface area (Å²) in [4.78, 5) is 23.9. The number of urea groups is 1. The predicted molar refractivity (Wildman–Crippen MR) is 113 cm³/mol. The van der Waals surface area contributed by atoms with E-state index in [1.807, 2.05) is 25.1 Å². The lowest BCUT2D eigenvalue weighted by atomic mass is 9.79. The number of carbonyl (C=O) groups is 2. The summed E-state index contributed by atoms with van der Waals surface area (Å²) >= 11 is 0. The van der Waals surface area contributed by atoms with Crippen LogP contribution in [0.5, 0.6) is 0 Å². The third-order valence-electron chi connectivity index (χ3n) is 4.74. The van der Waals surface area contributed by atoms with E-state index in [9.17, 15) is 14.0 Å². The fourth-order valence-corrected chi connectivity index (χ4v) is 3.37. The van der Waals surface area contributed by atoms with Crippen molar-refractivity contribution in [3.05, 3.63) is 71.5 Å². The molecule has 0 radical (unpaired) electrons. The summed E-state index contributed by atoms with van der Waals surface area (Å²) in [5, 5.41) is 8.39. The summed E-state index contributed by atoms with van der Waals surface area (Å²) in [5.41, 5.74) is 1.79. The van der Waals surface area contributed by atoms with E-state index in [0.717, 1.165) is 6.42 Å². The van der Waals surface area contributed by atoms with Crippen LogP contribution in [0.2, 0.25) is 0 Å². The van der Waals surface area contributed by atoms with Crippen LogP contribution in [0.25, 0.3) is 0 Å². The molecule has 1 unspecified atom stereocenters. The van der Waals surface area contributed by atoms with Gasteiger partial charge in [-0.25, -0.2) is 9.18 Å². The van der Waals surface area contributed by atoms with Crippen LogP contribution in [-0.4, -0.2) is 31.1 Å². The molecule has 0 spiro atoms. The Bertz CT molecular complexity index is 809. The minimum atomic E-state index is -0.363. The Morgan fingerprint density at radius 2 is 1.69 bits per heavy atom. The highest BCUT2D eigenvalue weighted by Crippen LogP contribution is 2.28. The Morgan fingerprint density at radius 3 is 2.38 bits per heavy atom. The van der Waals surface area contributed by atoms with Gasteiger partial charge in [-0.05, 0) is 42.0 Å². The van der Waals surface area contributed by atoms with Crippen molar-refractivity contribution in [2.24, 2.45) is 0 Å². The molecule has 0 saturated carbocycles. The van der Waals surface area contributed by atoms with Crippen molar-refractivity contribution in [2.45, 2.75) is 45.1 Å². The number of amides is 3. The van der Waals surface area contributed by atoms with Crippen LogP contribution < -0.4 is 16.0 Å². The molecule has 0 aromatic heterocycles. The summed E-state index contributed by atoms with van der Waals surface area (Å²) in [6, 6.07) is 15.9. The zero-order valence-corrected chi connectivity index (χ0v) is 17.3. The van der Waals surface area contributed by atoms with Gasteiger partial charge in [0.1, 0.15) is 5.82 Å². The van der Waals surface area contributed by atoms with Gasteiger partial charge in [0.2, 0.25) is 5.91 Å². The number of nitrogens with one attached hydrogen (secondary N) is 3. The Labute approximate surface area is 172 Å². The number of carbonyl (C=O) groups excluding carboxylic acids is 2. The van der Waals surface area contributed by atoms with Gasteiger partial charge in [-0.3, -0.25) is 4.79 Å². The topological polar surface area (TPSA) is 70.2 Å². The second kappa shape index (κ2) is 10.6. The summed E-state index contributed by atoms with van der Waals surface area (Å²) in [7, 11) is 0. The monoisotopic (exact) mass is 399 g/mol. The molecule has 0 heterocycles. The van der Waals surface area contributed by atoms with E-state index < -0.39 is 0 Å². The van der Waals surface area contributed by atoms with Crippen LogP contribution in [0.3, 0.4) is 0 Å². The van der Waals surface area contributed by atoms with E-state index in [1.54, 1.807) is 12.1 Å². The van der Waals surface area contributed by atoms with Crippen molar-refractivity contribution >= 4 is 11.9 Å². The van der Waals surface area contributed by atoms with Gasteiger partial charge >= 0.3 is 6.03 Å². The minimum absolute atomic E-state index is 0.00669. The second-order valence-electron chi connectivity index (χ2n) is 7.91. The van der Waals surface area contributed by atoms with Gasteiger partial charge in [-0.15, -0.1) is 0 Å². The number of rotatable bonds is 9. The van der Waals surface area contributed by atoms with Crippen LogP contribution in [0.15, 0.2) is 54.6 Å². The maximum atomic E-state index is 13.1. The van der Waals surface area contributed by atoms with Crippen molar-refractivity contribution in [2.75, 3.05) is 13.1 Å². The molecule has 3 amide bonds.